The van der Waals surface area contributed by atoms with Crippen molar-refractivity contribution in [1.29, 1.82) is 0 Å². The molecule has 0 saturated heterocycles. The van der Waals surface area contributed by atoms with Crippen LogP contribution in [0.25, 0.3) is 28.1 Å². The molecule has 4 rings (SSSR count). The number of aromatic nitrogens is 1. The second kappa shape index (κ2) is 10.0. The van der Waals surface area contributed by atoms with E-state index in [1.807, 2.05) is 84.5 Å². The Kier molecular flexibility index (Phi) is 6.69. The summed E-state index contributed by atoms with van der Waals surface area (Å²) in [7, 11) is 1.82. The van der Waals surface area contributed by atoms with Gasteiger partial charge in [0.05, 0.1) is 0 Å². The summed E-state index contributed by atoms with van der Waals surface area (Å²) in [5.41, 5.74) is 4.97. The van der Waals surface area contributed by atoms with Crippen molar-refractivity contribution in [3.8, 4) is 11.1 Å². The molecule has 166 valence electrons. The normalized spacial score (nSPS) is 11.2. The number of carbonyl (C=O) groups excluding carboxylic acids is 1. The second-order valence-electron chi connectivity index (χ2n) is 8.03. The van der Waals surface area contributed by atoms with Crippen LogP contribution in [0.5, 0.6) is 0 Å². The van der Waals surface area contributed by atoms with Gasteiger partial charge in [-0.15, -0.1) is 0 Å². The van der Waals surface area contributed by atoms with Crippen LogP contribution in [0.1, 0.15) is 11.1 Å². The molecule has 0 fully saturated rings. The minimum absolute atomic E-state index is 0.00345. The Morgan fingerprint density at radius 2 is 1.64 bits per heavy atom. The highest BCUT2D eigenvalue weighted by Crippen LogP contribution is 2.29. The summed E-state index contributed by atoms with van der Waals surface area (Å²) < 4.78 is 1.90. The molecule has 0 bridgehead atoms. The smallest absolute Gasteiger partial charge is 0.328 e. The number of carboxylic acids is 1. The van der Waals surface area contributed by atoms with Crippen molar-refractivity contribution in [2.45, 2.75) is 13.0 Å². The van der Waals surface area contributed by atoms with Crippen molar-refractivity contribution in [2.75, 3.05) is 13.6 Å². The van der Waals surface area contributed by atoms with Gasteiger partial charge in [0.1, 0.15) is 6.54 Å². The van der Waals surface area contributed by atoms with E-state index in [4.69, 9.17) is 5.11 Å². The van der Waals surface area contributed by atoms with Crippen molar-refractivity contribution in [1.82, 2.24) is 9.47 Å². The number of aliphatic carboxylic acids is 1. The second-order valence-corrected chi connectivity index (χ2v) is 8.03. The average molecular weight is 439 g/mol. The lowest BCUT2D eigenvalue weighted by atomic mass is 10.0. The predicted octanol–water partition coefficient (Wildman–Crippen LogP) is 5.11. The molecular formula is C28H26N2O3. The van der Waals surface area contributed by atoms with Gasteiger partial charge in [-0.25, -0.2) is 4.79 Å². The van der Waals surface area contributed by atoms with Crippen molar-refractivity contribution < 1.29 is 14.7 Å². The van der Waals surface area contributed by atoms with E-state index in [0.717, 1.165) is 40.1 Å². The Bertz CT molecular complexity index is 1290. The Balaban J connectivity index is 1.60. The highest BCUT2D eigenvalue weighted by Gasteiger charge is 2.14. The fraction of sp³-hybridized carbons (Fsp3) is 0.143. The maximum Gasteiger partial charge on any atom is 0.328 e. The molecule has 33 heavy (non-hydrogen) atoms. The van der Waals surface area contributed by atoms with Crippen LogP contribution in [0.15, 0.2) is 91.1 Å². The van der Waals surface area contributed by atoms with Crippen LogP contribution in [0.3, 0.4) is 0 Å². The van der Waals surface area contributed by atoms with Gasteiger partial charge in [-0.05, 0) is 41.3 Å². The SMILES string of the molecule is CN(CCc1ccccc1)C(=O)Cn1cc(/C=C/C(=O)O)c2cc(-c3ccccc3)ccc21. The number of nitrogens with zero attached hydrogens (tertiary/aromatic N) is 2. The number of likely N-dealkylation sites (N-methyl/N-ethyl adjacent to an activating group) is 1. The monoisotopic (exact) mass is 438 g/mol. The number of hydrogen-bond donors (Lipinski definition) is 1. The molecule has 0 unspecified atom stereocenters. The zero-order chi connectivity index (χ0) is 23.2. The number of carbonyl (C=O) groups is 2. The van der Waals surface area contributed by atoms with Gasteiger partial charge in [0.15, 0.2) is 0 Å². The van der Waals surface area contributed by atoms with Gasteiger partial charge in [0, 0.05) is 42.3 Å². The molecular weight excluding hydrogens is 412 g/mol. The third kappa shape index (κ3) is 5.39. The Labute approximate surface area is 193 Å². The van der Waals surface area contributed by atoms with Gasteiger partial charge in [0.2, 0.25) is 5.91 Å². The quantitative estimate of drug-likeness (QED) is 0.389. The molecule has 0 radical (unpaired) electrons. The van der Waals surface area contributed by atoms with Crippen LogP contribution in [0.2, 0.25) is 0 Å². The van der Waals surface area contributed by atoms with Crippen LogP contribution in [-0.4, -0.2) is 40.0 Å². The highest BCUT2D eigenvalue weighted by atomic mass is 16.4. The van der Waals surface area contributed by atoms with Crippen LogP contribution < -0.4 is 0 Å². The summed E-state index contributed by atoms with van der Waals surface area (Å²) in [6.07, 6.45) is 5.35. The third-order valence-electron chi connectivity index (χ3n) is 5.73. The van der Waals surface area contributed by atoms with Gasteiger partial charge in [-0.1, -0.05) is 66.7 Å². The van der Waals surface area contributed by atoms with Crippen LogP contribution >= 0.6 is 0 Å². The molecule has 1 N–H and O–H groups in total. The summed E-state index contributed by atoms with van der Waals surface area (Å²) in [5.74, 6) is -1.00. The minimum atomic E-state index is -1.01. The largest absolute Gasteiger partial charge is 0.478 e. The Morgan fingerprint density at radius 3 is 2.33 bits per heavy atom. The van der Waals surface area contributed by atoms with Gasteiger partial charge < -0.3 is 14.6 Å². The number of rotatable bonds is 8. The van der Waals surface area contributed by atoms with Crippen LogP contribution in [0.4, 0.5) is 0 Å². The average Bonchev–Trinajstić information content (AvgIpc) is 3.18. The van der Waals surface area contributed by atoms with Crippen LogP contribution in [-0.2, 0) is 22.6 Å². The number of hydrogen-bond acceptors (Lipinski definition) is 2. The van der Waals surface area contributed by atoms with Gasteiger partial charge in [-0.2, -0.15) is 0 Å². The summed E-state index contributed by atoms with van der Waals surface area (Å²) in [6, 6.07) is 26.2. The first-order valence-electron chi connectivity index (χ1n) is 10.9. The van der Waals surface area contributed by atoms with Crippen LogP contribution in [0, 0.1) is 0 Å². The number of benzene rings is 3. The van der Waals surface area contributed by atoms with E-state index < -0.39 is 5.97 Å². The molecule has 0 saturated carbocycles. The lowest BCUT2D eigenvalue weighted by molar-refractivity contribution is -0.131. The molecule has 0 atom stereocenters. The van der Waals surface area contributed by atoms with E-state index >= 15 is 0 Å². The zero-order valence-electron chi connectivity index (χ0n) is 18.5. The topological polar surface area (TPSA) is 62.5 Å². The molecule has 1 amide bonds. The number of carboxylic acid groups (broad SMARTS) is 1. The van der Waals surface area contributed by atoms with E-state index in [0.29, 0.717) is 6.54 Å². The molecule has 1 heterocycles. The molecule has 4 aromatic rings. The molecule has 0 aliphatic heterocycles. The highest BCUT2D eigenvalue weighted by molar-refractivity contribution is 5.96. The Hall–Kier alpha value is -4.12. The maximum atomic E-state index is 12.9. The first-order valence-corrected chi connectivity index (χ1v) is 10.9. The van der Waals surface area contributed by atoms with E-state index in [1.54, 1.807) is 11.0 Å². The summed E-state index contributed by atoms with van der Waals surface area (Å²) in [6.45, 7) is 0.819. The van der Waals surface area contributed by atoms with Crippen molar-refractivity contribution >= 4 is 28.9 Å². The van der Waals surface area contributed by atoms with E-state index in [9.17, 15) is 9.59 Å². The molecule has 3 aromatic carbocycles. The van der Waals surface area contributed by atoms with E-state index in [1.165, 1.54) is 5.56 Å². The fourth-order valence-corrected chi connectivity index (χ4v) is 3.89. The van der Waals surface area contributed by atoms with E-state index in [2.05, 4.69) is 12.1 Å². The molecule has 1 aromatic heterocycles. The summed E-state index contributed by atoms with van der Waals surface area (Å²) >= 11 is 0. The first-order chi connectivity index (χ1) is 16.0. The molecule has 5 nitrogen and oxygen atoms in total. The van der Waals surface area contributed by atoms with E-state index in [-0.39, 0.29) is 12.5 Å². The first kappa shape index (κ1) is 22.1. The van der Waals surface area contributed by atoms with Crippen molar-refractivity contribution in [3.05, 3.63) is 102 Å². The standard InChI is InChI=1S/C28H26N2O3/c1-29(17-16-21-8-4-2-5-9-21)27(31)20-30-19-24(13-15-28(32)33)25-18-23(12-14-26(25)30)22-10-6-3-7-11-22/h2-15,18-19H,16-17,20H2,1H3,(H,32,33)/b15-13+. The van der Waals surface area contributed by atoms with Gasteiger partial charge in [0.25, 0.3) is 0 Å². The molecule has 0 spiro atoms. The minimum Gasteiger partial charge on any atom is -0.478 e. The lowest BCUT2D eigenvalue weighted by Crippen LogP contribution is -2.31. The van der Waals surface area contributed by atoms with Crippen molar-refractivity contribution in [2.24, 2.45) is 0 Å². The molecule has 0 aliphatic rings. The lowest BCUT2D eigenvalue weighted by Gasteiger charge is -2.18. The zero-order valence-corrected chi connectivity index (χ0v) is 18.5. The van der Waals surface area contributed by atoms with Gasteiger partial charge >= 0.3 is 5.97 Å². The molecule has 5 heteroatoms. The predicted molar refractivity (Wildman–Crippen MR) is 132 cm³/mol. The van der Waals surface area contributed by atoms with Gasteiger partial charge in [-0.3, -0.25) is 4.79 Å². The van der Waals surface area contributed by atoms with Crippen molar-refractivity contribution in [3.63, 3.8) is 0 Å². The number of fused-ring (bicyclic) bond motifs is 1. The molecule has 0 aliphatic carbocycles. The fourth-order valence-electron chi connectivity index (χ4n) is 3.89. The third-order valence-corrected chi connectivity index (χ3v) is 5.73. The maximum absolute atomic E-state index is 12.9. The number of amides is 1. The summed E-state index contributed by atoms with van der Waals surface area (Å²) in [5, 5.41) is 10.0. The Morgan fingerprint density at radius 1 is 0.939 bits per heavy atom. The summed E-state index contributed by atoms with van der Waals surface area (Å²) in [4.78, 5) is 25.8.